The summed E-state index contributed by atoms with van der Waals surface area (Å²) in [6.45, 7) is 4.27. The topological polar surface area (TPSA) is 35.9 Å². The molecule has 1 saturated heterocycles. The molecule has 152 valence electrons. The van der Waals surface area contributed by atoms with Gasteiger partial charge in [-0.3, -0.25) is 9.80 Å². The molecule has 0 aliphatic carbocycles. The lowest BCUT2D eigenvalue weighted by molar-refractivity contribution is 0.0492. The first-order valence-corrected chi connectivity index (χ1v) is 10.9. The summed E-state index contributed by atoms with van der Waals surface area (Å²) >= 11 is 1.75. The largest absolute Gasteiger partial charge is 0.497 e. The van der Waals surface area contributed by atoms with E-state index in [1.807, 2.05) is 0 Å². The molecule has 0 bridgehead atoms. The lowest BCUT2D eigenvalue weighted by Gasteiger charge is -2.41. The SMILES string of the molecule is COc1ccc(CN2CCN(Cc3cccc(SC)c3)C[C@@H]2CCO)c(F)c1. The standard InChI is InChI=1S/C22H29FN2O2S/c1-27-20-7-6-18(22(23)13-20)15-25-10-9-24(16-19(25)8-11-26)14-17-4-3-5-21(12-17)28-2/h3-7,12-13,19,26H,8-11,14-16H2,1-2H3/t19-/m0/s1. The average Bonchev–Trinajstić information content (AvgIpc) is 2.71. The summed E-state index contributed by atoms with van der Waals surface area (Å²) in [5, 5.41) is 9.53. The maximum atomic E-state index is 14.4. The van der Waals surface area contributed by atoms with Crippen molar-refractivity contribution >= 4 is 11.8 Å². The smallest absolute Gasteiger partial charge is 0.131 e. The zero-order valence-corrected chi connectivity index (χ0v) is 17.4. The number of aliphatic hydroxyl groups is 1. The molecule has 0 aromatic heterocycles. The molecule has 2 aromatic rings. The fourth-order valence-corrected chi connectivity index (χ4v) is 4.25. The third kappa shape index (κ3) is 5.47. The van der Waals surface area contributed by atoms with E-state index in [-0.39, 0.29) is 18.5 Å². The van der Waals surface area contributed by atoms with E-state index in [0.29, 0.717) is 24.3 Å². The van der Waals surface area contributed by atoms with Gasteiger partial charge < -0.3 is 9.84 Å². The Bertz CT molecular complexity index is 774. The predicted octanol–water partition coefficient (Wildman–Crippen LogP) is 3.63. The van der Waals surface area contributed by atoms with Gasteiger partial charge >= 0.3 is 0 Å². The van der Waals surface area contributed by atoms with Crippen molar-refractivity contribution in [2.75, 3.05) is 39.6 Å². The van der Waals surface area contributed by atoms with Gasteiger partial charge in [0.2, 0.25) is 0 Å². The van der Waals surface area contributed by atoms with Crippen LogP contribution < -0.4 is 4.74 Å². The fraction of sp³-hybridized carbons (Fsp3) is 0.455. The Hall–Kier alpha value is -1.60. The van der Waals surface area contributed by atoms with Crippen LogP contribution in [0.4, 0.5) is 4.39 Å². The lowest BCUT2D eigenvalue weighted by Crippen LogP contribution is -2.52. The Morgan fingerprint density at radius 3 is 2.75 bits per heavy atom. The van der Waals surface area contributed by atoms with E-state index in [4.69, 9.17) is 4.74 Å². The first-order valence-electron chi connectivity index (χ1n) is 9.65. The second-order valence-corrected chi connectivity index (χ2v) is 8.06. The van der Waals surface area contributed by atoms with Crippen molar-refractivity contribution in [1.29, 1.82) is 0 Å². The summed E-state index contributed by atoms with van der Waals surface area (Å²) in [5.74, 6) is 0.295. The van der Waals surface area contributed by atoms with Crippen LogP contribution in [0.2, 0.25) is 0 Å². The first kappa shape index (κ1) is 21.1. The van der Waals surface area contributed by atoms with Crippen LogP contribution in [0.3, 0.4) is 0 Å². The Morgan fingerprint density at radius 2 is 2.04 bits per heavy atom. The first-order chi connectivity index (χ1) is 13.6. The molecule has 1 heterocycles. The molecule has 0 radical (unpaired) electrons. The molecule has 0 unspecified atom stereocenters. The molecular weight excluding hydrogens is 375 g/mol. The molecule has 1 atom stereocenters. The zero-order chi connectivity index (χ0) is 19.9. The van der Waals surface area contributed by atoms with E-state index in [9.17, 15) is 9.50 Å². The van der Waals surface area contributed by atoms with Crippen molar-refractivity contribution in [3.05, 3.63) is 59.4 Å². The van der Waals surface area contributed by atoms with Gasteiger partial charge in [0, 0.05) is 61.9 Å². The van der Waals surface area contributed by atoms with Gasteiger partial charge in [0.15, 0.2) is 0 Å². The van der Waals surface area contributed by atoms with Gasteiger partial charge in [-0.25, -0.2) is 4.39 Å². The van der Waals surface area contributed by atoms with Gasteiger partial charge in [-0.15, -0.1) is 11.8 Å². The molecular formula is C22H29FN2O2S. The maximum absolute atomic E-state index is 14.4. The molecule has 1 aliphatic heterocycles. The maximum Gasteiger partial charge on any atom is 0.131 e. The van der Waals surface area contributed by atoms with Crippen LogP contribution in [-0.4, -0.2) is 60.6 Å². The molecule has 4 nitrogen and oxygen atoms in total. The van der Waals surface area contributed by atoms with E-state index in [1.54, 1.807) is 31.0 Å². The van der Waals surface area contributed by atoms with Gasteiger partial charge in [0.05, 0.1) is 7.11 Å². The van der Waals surface area contributed by atoms with Crippen LogP contribution in [0.5, 0.6) is 5.75 Å². The van der Waals surface area contributed by atoms with Crippen molar-refractivity contribution < 1.29 is 14.2 Å². The summed E-state index contributed by atoms with van der Waals surface area (Å²) in [5.41, 5.74) is 1.98. The quantitative estimate of drug-likeness (QED) is 0.680. The highest BCUT2D eigenvalue weighted by Crippen LogP contribution is 2.23. The van der Waals surface area contributed by atoms with Crippen LogP contribution in [0, 0.1) is 5.82 Å². The molecule has 6 heteroatoms. The zero-order valence-electron chi connectivity index (χ0n) is 16.6. The fourth-order valence-electron chi connectivity index (χ4n) is 3.76. The molecule has 0 amide bonds. The van der Waals surface area contributed by atoms with Crippen LogP contribution in [-0.2, 0) is 13.1 Å². The number of rotatable bonds is 8. The molecule has 28 heavy (non-hydrogen) atoms. The van der Waals surface area contributed by atoms with Gasteiger partial charge in [0.25, 0.3) is 0 Å². The number of aliphatic hydroxyl groups excluding tert-OH is 1. The average molecular weight is 405 g/mol. The molecule has 1 aliphatic rings. The van der Waals surface area contributed by atoms with Gasteiger partial charge in [0.1, 0.15) is 11.6 Å². The summed E-state index contributed by atoms with van der Waals surface area (Å²) < 4.78 is 19.5. The monoisotopic (exact) mass is 404 g/mol. The van der Waals surface area contributed by atoms with Crippen LogP contribution in [0.15, 0.2) is 47.4 Å². The highest BCUT2D eigenvalue weighted by molar-refractivity contribution is 7.98. The minimum Gasteiger partial charge on any atom is -0.497 e. The number of hydrogen-bond donors (Lipinski definition) is 1. The molecule has 2 aromatic carbocycles. The van der Waals surface area contributed by atoms with Crippen molar-refractivity contribution in [2.45, 2.75) is 30.4 Å². The normalized spacial score (nSPS) is 18.4. The Kier molecular flexibility index (Phi) is 7.73. The lowest BCUT2D eigenvalue weighted by atomic mass is 10.1. The van der Waals surface area contributed by atoms with Gasteiger partial charge in [-0.1, -0.05) is 18.2 Å². The van der Waals surface area contributed by atoms with E-state index in [2.05, 4.69) is 40.3 Å². The van der Waals surface area contributed by atoms with Crippen molar-refractivity contribution in [2.24, 2.45) is 0 Å². The van der Waals surface area contributed by atoms with Crippen molar-refractivity contribution in [3.63, 3.8) is 0 Å². The molecule has 3 rings (SSSR count). The number of piperazine rings is 1. The van der Waals surface area contributed by atoms with E-state index in [0.717, 1.165) is 26.2 Å². The van der Waals surface area contributed by atoms with Gasteiger partial charge in [-0.05, 0) is 36.4 Å². The predicted molar refractivity (Wildman–Crippen MR) is 112 cm³/mol. The highest BCUT2D eigenvalue weighted by atomic mass is 32.2. The van der Waals surface area contributed by atoms with E-state index < -0.39 is 0 Å². The minimum absolute atomic E-state index is 0.141. The minimum atomic E-state index is -0.238. The third-order valence-corrected chi connectivity index (χ3v) is 6.05. The number of benzene rings is 2. The third-order valence-electron chi connectivity index (χ3n) is 5.33. The summed E-state index contributed by atoms with van der Waals surface area (Å²) in [7, 11) is 1.54. The van der Waals surface area contributed by atoms with Crippen LogP contribution >= 0.6 is 11.8 Å². The van der Waals surface area contributed by atoms with Gasteiger partial charge in [-0.2, -0.15) is 0 Å². The Balaban J connectivity index is 1.65. The number of hydrogen-bond acceptors (Lipinski definition) is 5. The Labute approximate surface area is 171 Å². The van der Waals surface area contributed by atoms with Crippen molar-refractivity contribution in [1.82, 2.24) is 9.80 Å². The highest BCUT2D eigenvalue weighted by Gasteiger charge is 2.27. The number of ether oxygens (including phenoxy) is 1. The Morgan fingerprint density at radius 1 is 1.18 bits per heavy atom. The number of thioether (sulfide) groups is 1. The number of nitrogens with zero attached hydrogens (tertiary/aromatic N) is 2. The number of methoxy groups -OCH3 is 1. The number of halogens is 1. The summed E-state index contributed by atoms with van der Waals surface area (Å²) in [6, 6.07) is 13.9. The molecule has 1 fully saturated rings. The second kappa shape index (κ2) is 10.3. The van der Waals surface area contributed by atoms with Crippen LogP contribution in [0.25, 0.3) is 0 Å². The van der Waals surface area contributed by atoms with E-state index in [1.165, 1.54) is 16.5 Å². The molecule has 1 N–H and O–H groups in total. The van der Waals surface area contributed by atoms with Crippen molar-refractivity contribution in [3.8, 4) is 5.75 Å². The second-order valence-electron chi connectivity index (χ2n) is 7.18. The summed E-state index contributed by atoms with van der Waals surface area (Å²) in [6.07, 6.45) is 2.78. The molecule has 0 saturated carbocycles. The summed E-state index contributed by atoms with van der Waals surface area (Å²) in [4.78, 5) is 5.99. The molecule has 0 spiro atoms. The van der Waals surface area contributed by atoms with E-state index >= 15 is 0 Å². The van der Waals surface area contributed by atoms with Crippen LogP contribution in [0.1, 0.15) is 17.5 Å².